The highest BCUT2D eigenvalue weighted by Gasteiger charge is 2.12. The van der Waals surface area contributed by atoms with Crippen LogP contribution in [0.2, 0.25) is 0 Å². The Kier molecular flexibility index (Phi) is 30.6. The summed E-state index contributed by atoms with van der Waals surface area (Å²) in [5.74, 6) is -0.585. The van der Waals surface area contributed by atoms with E-state index in [2.05, 4.69) is 38.2 Å². The maximum Gasteiger partial charge on any atom is 0.305 e. The molecule has 234 valence electrons. The molecule has 0 saturated carbocycles. The summed E-state index contributed by atoms with van der Waals surface area (Å²) in [5.41, 5.74) is 0. The Morgan fingerprint density at radius 3 is 1.15 bits per heavy atom. The van der Waals surface area contributed by atoms with Crippen molar-refractivity contribution < 1.29 is 24.2 Å². The van der Waals surface area contributed by atoms with E-state index in [9.17, 15) is 14.7 Å². The minimum Gasteiger partial charge on any atom is -0.463 e. The molecular weight excluding hydrogens is 500 g/mol. The summed E-state index contributed by atoms with van der Waals surface area (Å²) in [6.07, 6.45) is 35.0. The van der Waals surface area contributed by atoms with Crippen LogP contribution < -0.4 is 0 Å². The molecule has 0 aliphatic carbocycles. The van der Waals surface area contributed by atoms with Crippen LogP contribution in [0.4, 0.5) is 0 Å². The highest BCUT2D eigenvalue weighted by atomic mass is 16.6. The number of aliphatic hydroxyl groups excluding tert-OH is 1. The van der Waals surface area contributed by atoms with Crippen molar-refractivity contribution in [3.63, 3.8) is 0 Å². The van der Waals surface area contributed by atoms with E-state index < -0.39 is 6.10 Å². The maximum atomic E-state index is 11.9. The zero-order chi connectivity index (χ0) is 29.4. The maximum absolute atomic E-state index is 11.9. The number of carbonyl (C=O) groups excluding carboxylic acids is 2. The highest BCUT2D eigenvalue weighted by molar-refractivity contribution is 5.69. The van der Waals surface area contributed by atoms with Gasteiger partial charge in [-0.05, 0) is 64.2 Å². The molecule has 0 spiro atoms. The molecule has 0 aromatic rings. The monoisotopic (exact) mass is 564 g/mol. The van der Waals surface area contributed by atoms with Gasteiger partial charge in [-0.1, -0.05) is 115 Å². The standard InChI is InChI=1S/C35H64O5/c1-3-5-7-9-11-13-15-17-19-21-23-25-27-29-34(37)39-31-33(36)32-40-35(38)30-28-26-24-22-20-18-16-14-12-10-8-6-4-2/h13-16,33,36H,3-12,17-32H2,1-2H3/b15-13-,16-14-. The lowest BCUT2D eigenvalue weighted by Crippen LogP contribution is -2.25. The normalized spacial score (nSPS) is 11.7. The fraction of sp³-hybridized carbons (Fsp3) is 0.829. The Labute approximate surface area is 247 Å². The first-order valence-corrected chi connectivity index (χ1v) is 16.9. The van der Waals surface area contributed by atoms with E-state index in [-0.39, 0.29) is 25.2 Å². The van der Waals surface area contributed by atoms with Gasteiger partial charge in [0.2, 0.25) is 0 Å². The average molecular weight is 565 g/mol. The molecule has 0 heterocycles. The second-order valence-corrected chi connectivity index (χ2v) is 11.3. The molecule has 0 rings (SSSR count). The third-order valence-corrected chi connectivity index (χ3v) is 7.16. The summed E-state index contributed by atoms with van der Waals surface area (Å²) in [5, 5.41) is 9.95. The van der Waals surface area contributed by atoms with Crippen molar-refractivity contribution in [1.29, 1.82) is 0 Å². The van der Waals surface area contributed by atoms with Gasteiger partial charge in [-0.25, -0.2) is 0 Å². The van der Waals surface area contributed by atoms with Crippen molar-refractivity contribution in [2.45, 2.75) is 174 Å². The lowest BCUT2D eigenvalue weighted by molar-refractivity contribution is -0.152. The van der Waals surface area contributed by atoms with Crippen LogP contribution in [0.3, 0.4) is 0 Å². The third-order valence-electron chi connectivity index (χ3n) is 7.16. The van der Waals surface area contributed by atoms with Gasteiger partial charge in [-0.2, -0.15) is 0 Å². The lowest BCUT2D eigenvalue weighted by atomic mass is 10.1. The number of hydrogen-bond acceptors (Lipinski definition) is 5. The number of carbonyl (C=O) groups is 2. The molecule has 0 aliphatic heterocycles. The van der Waals surface area contributed by atoms with Gasteiger partial charge in [0.1, 0.15) is 19.3 Å². The number of esters is 2. The molecule has 0 aliphatic rings. The van der Waals surface area contributed by atoms with Gasteiger partial charge in [-0.3, -0.25) is 9.59 Å². The molecule has 0 unspecified atom stereocenters. The van der Waals surface area contributed by atoms with Crippen molar-refractivity contribution in [1.82, 2.24) is 0 Å². The Morgan fingerprint density at radius 2 is 0.800 bits per heavy atom. The van der Waals surface area contributed by atoms with Crippen molar-refractivity contribution in [2.75, 3.05) is 13.2 Å². The van der Waals surface area contributed by atoms with E-state index in [4.69, 9.17) is 9.47 Å². The smallest absolute Gasteiger partial charge is 0.305 e. The number of hydrogen-bond donors (Lipinski definition) is 1. The van der Waals surface area contributed by atoms with E-state index in [0.717, 1.165) is 51.4 Å². The van der Waals surface area contributed by atoms with Gasteiger partial charge in [0.05, 0.1) is 0 Å². The molecule has 0 aromatic heterocycles. The molecule has 0 saturated heterocycles. The molecule has 0 fully saturated rings. The summed E-state index contributed by atoms with van der Waals surface area (Å²) in [4.78, 5) is 23.8. The van der Waals surface area contributed by atoms with Crippen molar-refractivity contribution >= 4 is 11.9 Å². The molecule has 40 heavy (non-hydrogen) atoms. The van der Waals surface area contributed by atoms with Crippen molar-refractivity contribution in [2.24, 2.45) is 0 Å². The Hall–Kier alpha value is -1.62. The molecule has 0 atom stereocenters. The van der Waals surface area contributed by atoms with Crippen LogP contribution in [0.5, 0.6) is 0 Å². The molecule has 0 bridgehead atoms. The Morgan fingerprint density at radius 1 is 0.500 bits per heavy atom. The minimum absolute atomic E-state index is 0.121. The van der Waals surface area contributed by atoms with Crippen molar-refractivity contribution in [3.8, 4) is 0 Å². The molecule has 0 amide bonds. The molecule has 1 N–H and O–H groups in total. The first kappa shape index (κ1) is 38.4. The van der Waals surface area contributed by atoms with Gasteiger partial charge in [-0.15, -0.1) is 0 Å². The van der Waals surface area contributed by atoms with Gasteiger partial charge >= 0.3 is 11.9 Å². The van der Waals surface area contributed by atoms with Gasteiger partial charge in [0.15, 0.2) is 0 Å². The number of rotatable bonds is 30. The van der Waals surface area contributed by atoms with Crippen LogP contribution >= 0.6 is 0 Å². The van der Waals surface area contributed by atoms with Crippen LogP contribution in [0, 0.1) is 0 Å². The third kappa shape index (κ3) is 30.9. The number of unbranched alkanes of at least 4 members (excludes halogenated alkanes) is 18. The summed E-state index contributed by atoms with van der Waals surface area (Å²) in [7, 11) is 0. The fourth-order valence-corrected chi connectivity index (χ4v) is 4.54. The van der Waals surface area contributed by atoms with E-state index in [1.54, 1.807) is 0 Å². The molecule has 0 radical (unpaired) electrons. The zero-order valence-electron chi connectivity index (χ0n) is 26.4. The number of allylic oxidation sites excluding steroid dienone is 4. The van der Waals surface area contributed by atoms with E-state index in [0.29, 0.717) is 12.8 Å². The molecular formula is C35H64O5. The van der Waals surface area contributed by atoms with Gasteiger partial charge in [0.25, 0.3) is 0 Å². The van der Waals surface area contributed by atoms with E-state index >= 15 is 0 Å². The lowest BCUT2D eigenvalue weighted by Gasteiger charge is -2.12. The predicted octanol–water partition coefficient (Wildman–Crippen LogP) is 9.95. The topological polar surface area (TPSA) is 72.8 Å². The largest absolute Gasteiger partial charge is 0.463 e. The summed E-state index contributed by atoms with van der Waals surface area (Å²) in [6, 6.07) is 0. The fourth-order valence-electron chi connectivity index (χ4n) is 4.54. The van der Waals surface area contributed by atoms with Gasteiger partial charge < -0.3 is 14.6 Å². The zero-order valence-corrected chi connectivity index (χ0v) is 26.4. The Bertz CT molecular complexity index is 561. The predicted molar refractivity (Wildman–Crippen MR) is 168 cm³/mol. The summed E-state index contributed by atoms with van der Waals surface area (Å²) >= 11 is 0. The second kappa shape index (κ2) is 31.9. The SMILES string of the molecule is CCCCCC/C=C\CCCCCCCC(=O)OCC(O)COC(=O)CCCCCCC/C=C\CCCCCC. The minimum atomic E-state index is -0.965. The first-order valence-electron chi connectivity index (χ1n) is 16.9. The first-order chi connectivity index (χ1) is 19.6. The van der Waals surface area contributed by atoms with Crippen LogP contribution in [0.1, 0.15) is 168 Å². The van der Waals surface area contributed by atoms with E-state index in [1.165, 1.54) is 89.9 Å². The van der Waals surface area contributed by atoms with Gasteiger partial charge in [0, 0.05) is 12.8 Å². The Balaban J connectivity index is 3.47. The second-order valence-electron chi connectivity index (χ2n) is 11.3. The average Bonchev–Trinajstić information content (AvgIpc) is 2.95. The number of ether oxygens (including phenoxy) is 2. The van der Waals surface area contributed by atoms with E-state index in [1.807, 2.05) is 0 Å². The quantitative estimate of drug-likeness (QED) is 0.0534. The van der Waals surface area contributed by atoms with Crippen LogP contribution in [-0.2, 0) is 19.1 Å². The van der Waals surface area contributed by atoms with Crippen LogP contribution in [0.15, 0.2) is 24.3 Å². The number of aliphatic hydroxyl groups is 1. The molecule has 5 heteroatoms. The summed E-state index contributed by atoms with van der Waals surface area (Å²) < 4.78 is 10.3. The van der Waals surface area contributed by atoms with Crippen molar-refractivity contribution in [3.05, 3.63) is 24.3 Å². The molecule has 5 nitrogen and oxygen atoms in total. The molecule has 0 aromatic carbocycles. The van der Waals surface area contributed by atoms with Crippen LogP contribution in [0.25, 0.3) is 0 Å². The highest BCUT2D eigenvalue weighted by Crippen LogP contribution is 2.11. The van der Waals surface area contributed by atoms with Crippen LogP contribution in [-0.4, -0.2) is 36.4 Å². The summed E-state index contributed by atoms with van der Waals surface area (Å²) in [6.45, 7) is 4.24.